The zero-order valence-electron chi connectivity index (χ0n) is 13.2. The standard InChI is InChI=1S/C16H21N3O2S2/c1-17-16(18-10-9-14-4-3-11-22-14)19-12-13-5-7-15(8-6-13)23(2,20)21/h3-8,11H,9-10,12H2,1-2H3,(H2,17,18,19). The molecular formula is C16H21N3O2S2. The molecule has 7 heteroatoms. The van der Waals surface area contributed by atoms with Crippen molar-refractivity contribution in [3.8, 4) is 0 Å². The zero-order chi connectivity index (χ0) is 16.7. The van der Waals surface area contributed by atoms with Gasteiger partial charge in [0.05, 0.1) is 4.90 Å². The fourth-order valence-electron chi connectivity index (χ4n) is 2.02. The van der Waals surface area contributed by atoms with Crippen molar-refractivity contribution in [2.45, 2.75) is 17.9 Å². The summed E-state index contributed by atoms with van der Waals surface area (Å²) in [5, 5.41) is 8.55. The van der Waals surface area contributed by atoms with Gasteiger partial charge >= 0.3 is 0 Å². The van der Waals surface area contributed by atoms with Crippen LogP contribution in [0.4, 0.5) is 0 Å². The Kier molecular flexibility index (Phi) is 6.18. The zero-order valence-corrected chi connectivity index (χ0v) is 14.9. The summed E-state index contributed by atoms with van der Waals surface area (Å²) >= 11 is 1.75. The molecule has 23 heavy (non-hydrogen) atoms. The molecule has 0 radical (unpaired) electrons. The molecule has 0 fully saturated rings. The molecule has 2 aromatic rings. The number of hydrogen-bond donors (Lipinski definition) is 2. The van der Waals surface area contributed by atoms with Gasteiger partial charge in [0.15, 0.2) is 15.8 Å². The second kappa shape index (κ2) is 8.12. The quantitative estimate of drug-likeness (QED) is 0.617. The molecule has 0 aliphatic carbocycles. The molecule has 0 atom stereocenters. The van der Waals surface area contributed by atoms with Gasteiger partial charge in [-0.3, -0.25) is 4.99 Å². The van der Waals surface area contributed by atoms with Gasteiger partial charge < -0.3 is 10.6 Å². The molecule has 0 saturated heterocycles. The Balaban J connectivity index is 1.81. The van der Waals surface area contributed by atoms with Gasteiger partial charge in [0.1, 0.15) is 0 Å². The molecule has 1 aromatic carbocycles. The molecule has 1 aromatic heterocycles. The molecular weight excluding hydrogens is 330 g/mol. The first-order valence-electron chi connectivity index (χ1n) is 7.25. The maximum Gasteiger partial charge on any atom is 0.191 e. The summed E-state index contributed by atoms with van der Waals surface area (Å²) < 4.78 is 22.9. The van der Waals surface area contributed by atoms with Gasteiger partial charge in [-0.05, 0) is 35.6 Å². The van der Waals surface area contributed by atoms with Crippen LogP contribution in [-0.4, -0.2) is 34.2 Å². The Morgan fingerprint density at radius 3 is 2.48 bits per heavy atom. The first-order chi connectivity index (χ1) is 11.0. The number of thiophene rings is 1. The van der Waals surface area contributed by atoms with E-state index in [2.05, 4.69) is 27.1 Å². The molecule has 5 nitrogen and oxygen atoms in total. The summed E-state index contributed by atoms with van der Waals surface area (Å²) in [7, 11) is -1.42. The van der Waals surface area contributed by atoms with Crippen LogP contribution in [0.25, 0.3) is 0 Å². The number of guanidine groups is 1. The minimum absolute atomic E-state index is 0.333. The van der Waals surface area contributed by atoms with Crippen molar-refractivity contribution in [1.82, 2.24) is 10.6 Å². The van der Waals surface area contributed by atoms with Crippen molar-refractivity contribution in [3.05, 3.63) is 52.2 Å². The lowest BCUT2D eigenvalue weighted by molar-refractivity contribution is 0.602. The van der Waals surface area contributed by atoms with Crippen LogP contribution in [0.1, 0.15) is 10.4 Å². The predicted molar refractivity (Wildman–Crippen MR) is 95.8 cm³/mol. The van der Waals surface area contributed by atoms with Crippen LogP contribution < -0.4 is 10.6 Å². The first kappa shape index (κ1) is 17.5. The highest BCUT2D eigenvalue weighted by Crippen LogP contribution is 2.10. The third kappa shape index (κ3) is 5.69. The van der Waals surface area contributed by atoms with Crippen molar-refractivity contribution in [2.75, 3.05) is 19.8 Å². The molecule has 1 heterocycles. The van der Waals surface area contributed by atoms with Crippen molar-refractivity contribution in [3.63, 3.8) is 0 Å². The van der Waals surface area contributed by atoms with Crippen LogP contribution in [-0.2, 0) is 22.8 Å². The molecule has 0 amide bonds. The fraction of sp³-hybridized carbons (Fsp3) is 0.312. The smallest absolute Gasteiger partial charge is 0.191 e. The van der Waals surface area contributed by atoms with E-state index in [4.69, 9.17) is 0 Å². The van der Waals surface area contributed by atoms with E-state index in [1.807, 2.05) is 18.2 Å². The van der Waals surface area contributed by atoms with Crippen molar-refractivity contribution in [2.24, 2.45) is 4.99 Å². The highest BCUT2D eigenvalue weighted by atomic mass is 32.2. The number of sulfone groups is 1. The molecule has 0 saturated carbocycles. The second-order valence-electron chi connectivity index (χ2n) is 5.10. The van der Waals surface area contributed by atoms with E-state index >= 15 is 0 Å². The van der Waals surface area contributed by atoms with Gasteiger partial charge in [0, 0.05) is 31.3 Å². The Labute approximate surface area is 141 Å². The number of nitrogens with zero attached hydrogens (tertiary/aromatic N) is 1. The Morgan fingerprint density at radius 2 is 1.91 bits per heavy atom. The number of aliphatic imine (C=N–C) groups is 1. The van der Waals surface area contributed by atoms with E-state index in [-0.39, 0.29) is 0 Å². The van der Waals surface area contributed by atoms with Gasteiger partial charge in [-0.15, -0.1) is 11.3 Å². The van der Waals surface area contributed by atoms with Gasteiger partial charge in [0.25, 0.3) is 0 Å². The van der Waals surface area contributed by atoms with Crippen molar-refractivity contribution >= 4 is 27.1 Å². The predicted octanol–water partition coefficient (Wildman–Crippen LogP) is 2.06. The average Bonchev–Trinajstić information content (AvgIpc) is 3.03. The SMILES string of the molecule is CN=C(NCCc1cccs1)NCc1ccc(S(C)(=O)=O)cc1. The van der Waals surface area contributed by atoms with E-state index in [1.165, 1.54) is 11.1 Å². The molecule has 0 spiro atoms. The summed E-state index contributed by atoms with van der Waals surface area (Å²) in [6.07, 6.45) is 2.17. The maximum absolute atomic E-state index is 11.4. The van der Waals surface area contributed by atoms with Crippen LogP contribution >= 0.6 is 11.3 Å². The summed E-state index contributed by atoms with van der Waals surface area (Å²) in [6, 6.07) is 11.0. The Hall–Kier alpha value is -1.86. The summed E-state index contributed by atoms with van der Waals surface area (Å²) in [5.41, 5.74) is 0.999. The molecule has 124 valence electrons. The second-order valence-corrected chi connectivity index (χ2v) is 8.15. The first-order valence-corrected chi connectivity index (χ1v) is 10.0. The number of benzene rings is 1. The normalized spacial score (nSPS) is 12.2. The summed E-state index contributed by atoms with van der Waals surface area (Å²) in [6.45, 7) is 1.40. The third-order valence-corrected chi connectivity index (χ3v) is 5.34. The van der Waals surface area contributed by atoms with E-state index in [1.54, 1.807) is 30.5 Å². The van der Waals surface area contributed by atoms with Crippen LogP contribution in [0.2, 0.25) is 0 Å². The van der Waals surface area contributed by atoms with E-state index in [9.17, 15) is 8.42 Å². The van der Waals surface area contributed by atoms with E-state index in [0.29, 0.717) is 11.4 Å². The van der Waals surface area contributed by atoms with Gasteiger partial charge in [0.2, 0.25) is 0 Å². The van der Waals surface area contributed by atoms with Crippen LogP contribution in [0.3, 0.4) is 0 Å². The largest absolute Gasteiger partial charge is 0.356 e. The monoisotopic (exact) mass is 351 g/mol. The molecule has 0 aliphatic rings. The lowest BCUT2D eigenvalue weighted by Crippen LogP contribution is -2.37. The summed E-state index contributed by atoms with van der Waals surface area (Å²) in [4.78, 5) is 5.85. The van der Waals surface area contributed by atoms with Crippen LogP contribution in [0.5, 0.6) is 0 Å². The lowest BCUT2D eigenvalue weighted by atomic mass is 10.2. The molecule has 0 unspecified atom stereocenters. The highest BCUT2D eigenvalue weighted by molar-refractivity contribution is 7.90. The number of rotatable bonds is 6. The van der Waals surface area contributed by atoms with Crippen LogP contribution in [0.15, 0.2) is 51.7 Å². The third-order valence-electron chi connectivity index (χ3n) is 3.28. The summed E-state index contributed by atoms with van der Waals surface area (Å²) in [5.74, 6) is 0.730. The Bertz CT molecular complexity index is 736. The van der Waals surface area contributed by atoms with E-state index in [0.717, 1.165) is 24.5 Å². The van der Waals surface area contributed by atoms with Gasteiger partial charge in [-0.2, -0.15) is 0 Å². The van der Waals surface area contributed by atoms with Crippen LogP contribution in [0, 0.1) is 0 Å². The van der Waals surface area contributed by atoms with Crippen molar-refractivity contribution in [1.29, 1.82) is 0 Å². The molecule has 0 bridgehead atoms. The minimum Gasteiger partial charge on any atom is -0.356 e. The van der Waals surface area contributed by atoms with Gasteiger partial charge in [-0.1, -0.05) is 18.2 Å². The van der Waals surface area contributed by atoms with Crippen molar-refractivity contribution < 1.29 is 8.42 Å². The van der Waals surface area contributed by atoms with Gasteiger partial charge in [-0.25, -0.2) is 8.42 Å². The highest BCUT2D eigenvalue weighted by Gasteiger charge is 2.06. The fourth-order valence-corrected chi connectivity index (χ4v) is 3.36. The average molecular weight is 351 g/mol. The number of nitrogens with one attached hydrogen (secondary N) is 2. The molecule has 2 N–H and O–H groups in total. The topological polar surface area (TPSA) is 70.6 Å². The molecule has 0 aliphatic heterocycles. The minimum atomic E-state index is -3.14. The number of hydrogen-bond acceptors (Lipinski definition) is 4. The maximum atomic E-state index is 11.4. The lowest BCUT2D eigenvalue weighted by Gasteiger charge is -2.11. The van der Waals surface area contributed by atoms with E-state index < -0.39 is 9.84 Å². The Morgan fingerprint density at radius 1 is 1.17 bits per heavy atom. The molecule has 2 rings (SSSR count).